The van der Waals surface area contributed by atoms with Gasteiger partial charge >= 0.3 is 0 Å². The highest BCUT2D eigenvalue weighted by atomic mass is 35.5. The Labute approximate surface area is 204 Å². The summed E-state index contributed by atoms with van der Waals surface area (Å²) in [6.07, 6.45) is 2.35. The molecule has 2 heterocycles. The van der Waals surface area contributed by atoms with Crippen LogP contribution >= 0.6 is 11.6 Å². The summed E-state index contributed by atoms with van der Waals surface area (Å²) in [7, 11) is 1.61. The minimum atomic E-state index is -0.475. The van der Waals surface area contributed by atoms with Crippen LogP contribution in [0.2, 0.25) is 5.02 Å². The number of methoxy groups -OCH3 is 1. The van der Waals surface area contributed by atoms with E-state index in [0.717, 1.165) is 38.1 Å². The van der Waals surface area contributed by atoms with Crippen LogP contribution in [-0.4, -0.2) is 60.9 Å². The number of aromatic nitrogens is 2. The van der Waals surface area contributed by atoms with Crippen LogP contribution in [0.4, 0.5) is 15.9 Å². The molecule has 4 rings (SSSR count). The first-order chi connectivity index (χ1) is 16.5. The van der Waals surface area contributed by atoms with Gasteiger partial charge in [-0.2, -0.15) is 0 Å². The lowest BCUT2D eigenvalue weighted by Gasteiger charge is -2.38. The summed E-state index contributed by atoms with van der Waals surface area (Å²) in [5.74, 6) is 1.86. The fourth-order valence-corrected chi connectivity index (χ4v) is 4.33. The first-order valence-electron chi connectivity index (χ1n) is 11.5. The average molecular weight is 489 g/mol. The molecule has 1 aliphatic rings. The number of hydrogen-bond acceptors (Lipinski definition) is 7. The second-order valence-electron chi connectivity index (χ2n) is 8.62. The summed E-state index contributed by atoms with van der Waals surface area (Å²) in [5.41, 5.74) is 1.32. The largest absolute Gasteiger partial charge is 0.493 e. The minimum absolute atomic E-state index is 0.0361. The number of ether oxygens (including phenoxy) is 3. The Morgan fingerprint density at radius 3 is 2.85 bits per heavy atom. The number of fused-ring (bicyclic) bond motifs is 1. The summed E-state index contributed by atoms with van der Waals surface area (Å²) in [6, 6.07) is 8.56. The van der Waals surface area contributed by atoms with Crippen LogP contribution in [0.25, 0.3) is 10.9 Å². The Morgan fingerprint density at radius 1 is 1.24 bits per heavy atom. The molecule has 34 heavy (non-hydrogen) atoms. The van der Waals surface area contributed by atoms with Gasteiger partial charge in [-0.3, -0.25) is 4.90 Å². The van der Waals surface area contributed by atoms with Gasteiger partial charge in [0.05, 0.1) is 37.5 Å². The van der Waals surface area contributed by atoms with Crippen molar-refractivity contribution in [3.8, 4) is 11.5 Å². The van der Waals surface area contributed by atoms with Gasteiger partial charge in [-0.15, -0.1) is 0 Å². The number of morpholine rings is 1. The van der Waals surface area contributed by atoms with E-state index < -0.39 is 5.82 Å². The van der Waals surface area contributed by atoms with Crippen molar-refractivity contribution in [2.45, 2.75) is 26.3 Å². The second-order valence-corrected chi connectivity index (χ2v) is 9.03. The molecule has 0 spiro atoms. The molecule has 182 valence electrons. The van der Waals surface area contributed by atoms with Crippen molar-refractivity contribution in [1.29, 1.82) is 0 Å². The molecule has 1 aliphatic heterocycles. The summed E-state index contributed by atoms with van der Waals surface area (Å²) in [6.45, 7) is 8.47. The highest BCUT2D eigenvalue weighted by Gasteiger charge is 2.25. The normalized spacial score (nSPS) is 16.7. The third-order valence-electron chi connectivity index (χ3n) is 6.00. The molecular weight excluding hydrogens is 459 g/mol. The van der Waals surface area contributed by atoms with Gasteiger partial charge in [-0.05, 0) is 36.6 Å². The van der Waals surface area contributed by atoms with Gasteiger partial charge in [0.1, 0.15) is 18.0 Å². The van der Waals surface area contributed by atoms with Gasteiger partial charge in [-0.25, -0.2) is 14.4 Å². The van der Waals surface area contributed by atoms with Crippen molar-refractivity contribution in [2.24, 2.45) is 5.92 Å². The summed E-state index contributed by atoms with van der Waals surface area (Å²) in [4.78, 5) is 11.2. The zero-order chi connectivity index (χ0) is 24.1. The Kier molecular flexibility index (Phi) is 8.03. The third-order valence-corrected chi connectivity index (χ3v) is 6.29. The Balaban J connectivity index is 1.48. The number of rotatable bonds is 9. The van der Waals surface area contributed by atoms with Crippen molar-refractivity contribution in [3.63, 3.8) is 0 Å². The summed E-state index contributed by atoms with van der Waals surface area (Å²) >= 11 is 5.92. The second kappa shape index (κ2) is 11.2. The Bertz CT molecular complexity index is 1130. The van der Waals surface area contributed by atoms with Crippen LogP contribution in [0.1, 0.15) is 20.3 Å². The maximum absolute atomic E-state index is 13.5. The van der Waals surface area contributed by atoms with Gasteiger partial charge < -0.3 is 19.5 Å². The molecule has 0 saturated carbocycles. The Hall–Kier alpha value is -2.68. The van der Waals surface area contributed by atoms with Gasteiger partial charge in [0.2, 0.25) is 0 Å². The van der Waals surface area contributed by atoms with Crippen molar-refractivity contribution in [2.75, 3.05) is 45.3 Å². The van der Waals surface area contributed by atoms with Crippen LogP contribution in [0.5, 0.6) is 11.5 Å². The smallest absolute Gasteiger partial charge is 0.162 e. The number of benzene rings is 2. The van der Waals surface area contributed by atoms with E-state index in [1.807, 2.05) is 12.1 Å². The van der Waals surface area contributed by atoms with Crippen LogP contribution < -0.4 is 14.8 Å². The number of nitrogens with zero attached hydrogens (tertiary/aromatic N) is 3. The van der Waals surface area contributed by atoms with Gasteiger partial charge in [0, 0.05) is 36.3 Å². The van der Waals surface area contributed by atoms with E-state index in [0.29, 0.717) is 47.1 Å². The van der Waals surface area contributed by atoms with Crippen LogP contribution in [0, 0.1) is 11.7 Å². The van der Waals surface area contributed by atoms with Crippen LogP contribution in [0.3, 0.4) is 0 Å². The zero-order valence-electron chi connectivity index (χ0n) is 19.7. The lowest BCUT2D eigenvalue weighted by atomic mass is 10.0. The summed E-state index contributed by atoms with van der Waals surface area (Å²) in [5, 5.41) is 3.98. The monoisotopic (exact) mass is 488 g/mol. The molecule has 1 aromatic heterocycles. The predicted molar refractivity (Wildman–Crippen MR) is 132 cm³/mol. The lowest BCUT2D eigenvalue weighted by Crippen LogP contribution is -2.48. The molecule has 0 radical (unpaired) electrons. The van der Waals surface area contributed by atoms with E-state index in [1.165, 1.54) is 18.5 Å². The molecule has 1 N–H and O–H groups in total. The van der Waals surface area contributed by atoms with E-state index in [4.69, 9.17) is 25.8 Å². The highest BCUT2D eigenvalue weighted by molar-refractivity contribution is 6.31. The highest BCUT2D eigenvalue weighted by Crippen LogP contribution is 2.35. The van der Waals surface area contributed by atoms with Crippen LogP contribution in [-0.2, 0) is 4.74 Å². The average Bonchev–Trinajstić information content (AvgIpc) is 2.84. The van der Waals surface area contributed by atoms with Crippen molar-refractivity contribution in [3.05, 3.63) is 47.5 Å². The van der Waals surface area contributed by atoms with Gasteiger partial charge in [0.25, 0.3) is 0 Å². The van der Waals surface area contributed by atoms with Crippen molar-refractivity contribution < 1.29 is 18.6 Å². The number of nitrogens with one attached hydrogen (secondary N) is 1. The molecule has 1 fully saturated rings. The molecule has 0 bridgehead atoms. The molecular formula is C25H30ClFN4O3. The molecule has 1 saturated heterocycles. The van der Waals surface area contributed by atoms with Crippen molar-refractivity contribution in [1.82, 2.24) is 14.9 Å². The third kappa shape index (κ3) is 5.68. The molecule has 3 aromatic rings. The van der Waals surface area contributed by atoms with E-state index in [1.54, 1.807) is 13.2 Å². The minimum Gasteiger partial charge on any atom is -0.493 e. The molecule has 1 atom stereocenters. The molecule has 0 aliphatic carbocycles. The SMILES string of the molecule is COc1cc2ncnc(Nc3ccc(F)c(Cl)c3)c2cc1OCCCN1CCOC[C@@H]1C(C)C. The van der Waals surface area contributed by atoms with E-state index in [2.05, 4.69) is 34.0 Å². The van der Waals surface area contributed by atoms with Crippen LogP contribution in [0.15, 0.2) is 36.7 Å². The molecule has 0 amide bonds. The van der Waals surface area contributed by atoms with E-state index in [-0.39, 0.29) is 5.02 Å². The number of anilines is 2. The number of halogens is 2. The maximum atomic E-state index is 13.5. The standard InChI is InChI=1S/C25H30ClFN4O3/c1-16(2)22-14-33-10-8-31(22)7-4-9-34-24-12-18-21(13-23(24)32-3)28-15-29-25(18)30-17-5-6-20(27)19(26)11-17/h5-6,11-13,15-16,22H,4,7-10,14H2,1-3H3,(H,28,29,30)/t22-/m1/s1. The van der Waals surface area contributed by atoms with Crippen molar-refractivity contribution >= 4 is 34.0 Å². The fourth-order valence-electron chi connectivity index (χ4n) is 4.15. The first-order valence-corrected chi connectivity index (χ1v) is 11.8. The van der Waals surface area contributed by atoms with Gasteiger partial charge in [-0.1, -0.05) is 25.4 Å². The summed E-state index contributed by atoms with van der Waals surface area (Å²) < 4.78 is 30.9. The molecule has 2 aromatic carbocycles. The quantitative estimate of drug-likeness (QED) is 0.410. The molecule has 0 unspecified atom stereocenters. The van der Waals surface area contributed by atoms with Gasteiger partial charge in [0.15, 0.2) is 11.5 Å². The molecule has 9 heteroatoms. The maximum Gasteiger partial charge on any atom is 0.162 e. The van der Waals surface area contributed by atoms with E-state index in [9.17, 15) is 4.39 Å². The lowest BCUT2D eigenvalue weighted by molar-refractivity contribution is -0.0258. The number of hydrogen-bond donors (Lipinski definition) is 1. The topological polar surface area (TPSA) is 68.7 Å². The molecule has 7 nitrogen and oxygen atoms in total. The predicted octanol–water partition coefficient (Wildman–Crippen LogP) is 5.30. The Morgan fingerprint density at radius 2 is 2.09 bits per heavy atom. The van der Waals surface area contributed by atoms with E-state index >= 15 is 0 Å². The zero-order valence-corrected chi connectivity index (χ0v) is 20.4. The first kappa shape index (κ1) is 24.4. The fraction of sp³-hybridized carbons (Fsp3) is 0.440.